The number of benzene rings is 1. The van der Waals surface area contributed by atoms with Crippen LogP contribution in [0.25, 0.3) is 10.6 Å². The molecule has 2 aromatic rings. The maximum atomic E-state index is 6.15. The summed E-state index contributed by atoms with van der Waals surface area (Å²) < 4.78 is 0. The van der Waals surface area contributed by atoms with Gasteiger partial charge in [0.1, 0.15) is 10.0 Å². The molecule has 1 heterocycles. The molecule has 0 saturated heterocycles. The minimum atomic E-state index is 0.288. The van der Waals surface area contributed by atoms with E-state index in [0.717, 1.165) is 39.1 Å². The Morgan fingerprint density at radius 2 is 2.11 bits per heavy atom. The molecule has 1 aromatic carbocycles. The standard InChI is InChI=1S/C14H18ClN3S/c1-4-12(16-5-2)14-18-17-13(19-14)10-7-6-8-11(15)9(10)3/h6-8,12,16H,4-5H2,1-3H3. The molecular formula is C14H18ClN3S. The summed E-state index contributed by atoms with van der Waals surface area (Å²) in [5.41, 5.74) is 2.13. The molecule has 0 saturated carbocycles. The third-order valence-electron chi connectivity index (χ3n) is 3.10. The highest BCUT2D eigenvalue weighted by atomic mass is 35.5. The maximum absolute atomic E-state index is 6.15. The van der Waals surface area contributed by atoms with Gasteiger partial charge in [0.25, 0.3) is 0 Å². The quantitative estimate of drug-likeness (QED) is 0.897. The molecule has 19 heavy (non-hydrogen) atoms. The molecule has 0 aliphatic carbocycles. The van der Waals surface area contributed by atoms with Crippen molar-refractivity contribution < 1.29 is 0 Å². The Morgan fingerprint density at radius 1 is 1.32 bits per heavy atom. The Balaban J connectivity index is 2.32. The fourth-order valence-electron chi connectivity index (χ4n) is 1.98. The minimum Gasteiger partial charge on any atom is -0.308 e. The van der Waals surface area contributed by atoms with Crippen molar-refractivity contribution in [2.24, 2.45) is 0 Å². The Labute approximate surface area is 123 Å². The van der Waals surface area contributed by atoms with Gasteiger partial charge in [-0.05, 0) is 31.5 Å². The molecule has 5 heteroatoms. The van der Waals surface area contributed by atoms with Gasteiger partial charge in [0.2, 0.25) is 0 Å². The molecule has 0 bridgehead atoms. The summed E-state index contributed by atoms with van der Waals surface area (Å²) in [6.45, 7) is 7.20. The summed E-state index contributed by atoms with van der Waals surface area (Å²) >= 11 is 7.79. The normalized spacial score (nSPS) is 12.6. The van der Waals surface area contributed by atoms with Crippen LogP contribution < -0.4 is 5.32 Å². The molecule has 0 aliphatic rings. The van der Waals surface area contributed by atoms with E-state index in [1.807, 2.05) is 25.1 Å². The highest BCUT2D eigenvalue weighted by Crippen LogP contribution is 2.32. The van der Waals surface area contributed by atoms with Crippen LogP contribution in [0.1, 0.15) is 36.9 Å². The third-order valence-corrected chi connectivity index (χ3v) is 4.58. The smallest absolute Gasteiger partial charge is 0.148 e. The van der Waals surface area contributed by atoms with Crippen LogP contribution in [0.3, 0.4) is 0 Å². The first-order valence-corrected chi connectivity index (χ1v) is 7.69. The van der Waals surface area contributed by atoms with E-state index in [2.05, 4.69) is 29.4 Å². The van der Waals surface area contributed by atoms with E-state index in [-0.39, 0.29) is 6.04 Å². The first kappa shape index (κ1) is 14.4. The second kappa shape index (κ2) is 6.46. The molecule has 1 aromatic heterocycles. The molecule has 1 atom stereocenters. The molecule has 102 valence electrons. The summed E-state index contributed by atoms with van der Waals surface area (Å²) in [5.74, 6) is 0. The number of rotatable bonds is 5. The van der Waals surface area contributed by atoms with Gasteiger partial charge in [-0.15, -0.1) is 10.2 Å². The molecule has 0 amide bonds. The van der Waals surface area contributed by atoms with Crippen LogP contribution in [0.5, 0.6) is 0 Å². The van der Waals surface area contributed by atoms with Crippen LogP contribution in [-0.2, 0) is 0 Å². The highest BCUT2D eigenvalue weighted by molar-refractivity contribution is 7.14. The van der Waals surface area contributed by atoms with Gasteiger partial charge in [-0.25, -0.2) is 0 Å². The first-order valence-electron chi connectivity index (χ1n) is 6.49. The lowest BCUT2D eigenvalue weighted by molar-refractivity contribution is 0.531. The van der Waals surface area contributed by atoms with Crippen molar-refractivity contribution in [2.75, 3.05) is 6.54 Å². The monoisotopic (exact) mass is 295 g/mol. The van der Waals surface area contributed by atoms with E-state index < -0.39 is 0 Å². The van der Waals surface area contributed by atoms with E-state index in [9.17, 15) is 0 Å². The molecule has 1 N–H and O–H groups in total. The van der Waals surface area contributed by atoms with Crippen LogP contribution in [-0.4, -0.2) is 16.7 Å². The van der Waals surface area contributed by atoms with Gasteiger partial charge in [-0.1, -0.05) is 48.9 Å². The molecule has 0 fully saturated rings. The van der Waals surface area contributed by atoms with Crippen LogP contribution in [0.4, 0.5) is 0 Å². The summed E-state index contributed by atoms with van der Waals surface area (Å²) in [7, 11) is 0. The fraction of sp³-hybridized carbons (Fsp3) is 0.429. The van der Waals surface area contributed by atoms with Crippen molar-refractivity contribution in [1.29, 1.82) is 0 Å². The summed E-state index contributed by atoms with van der Waals surface area (Å²) in [4.78, 5) is 0. The van der Waals surface area contributed by atoms with Gasteiger partial charge in [-0.2, -0.15) is 0 Å². The summed E-state index contributed by atoms with van der Waals surface area (Å²) in [5, 5.41) is 14.8. The second-order valence-electron chi connectivity index (χ2n) is 4.38. The molecule has 2 rings (SSSR count). The molecule has 0 radical (unpaired) electrons. The largest absolute Gasteiger partial charge is 0.308 e. The minimum absolute atomic E-state index is 0.288. The van der Waals surface area contributed by atoms with E-state index in [0.29, 0.717) is 0 Å². The Hall–Kier alpha value is -0.970. The lowest BCUT2D eigenvalue weighted by Crippen LogP contribution is -2.19. The van der Waals surface area contributed by atoms with Crippen molar-refractivity contribution >= 4 is 22.9 Å². The lowest BCUT2D eigenvalue weighted by atomic mass is 10.1. The predicted octanol–water partition coefficient (Wildman–Crippen LogP) is 4.23. The number of hydrogen-bond acceptors (Lipinski definition) is 4. The SMILES string of the molecule is CCNC(CC)c1nnc(-c2cccc(Cl)c2C)s1. The maximum Gasteiger partial charge on any atom is 0.148 e. The Morgan fingerprint density at radius 3 is 2.79 bits per heavy atom. The third kappa shape index (κ3) is 3.14. The van der Waals surface area contributed by atoms with E-state index in [1.165, 1.54) is 0 Å². The number of nitrogens with one attached hydrogen (secondary N) is 1. The Bertz CT molecular complexity index is 553. The van der Waals surface area contributed by atoms with Crippen molar-refractivity contribution in [3.63, 3.8) is 0 Å². The predicted molar refractivity (Wildman–Crippen MR) is 81.8 cm³/mol. The van der Waals surface area contributed by atoms with Gasteiger partial charge in [0.15, 0.2) is 0 Å². The number of nitrogens with zero attached hydrogens (tertiary/aromatic N) is 2. The first-order chi connectivity index (χ1) is 9.17. The molecule has 3 nitrogen and oxygen atoms in total. The van der Waals surface area contributed by atoms with Gasteiger partial charge < -0.3 is 5.32 Å². The average molecular weight is 296 g/mol. The zero-order valence-corrected chi connectivity index (χ0v) is 13.0. The highest BCUT2D eigenvalue weighted by Gasteiger charge is 2.16. The number of halogens is 1. The summed E-state index contributed by atoms with van der Waals surface area (Å²) in [6.07, 6.45) is 1.01. The van der Waals surface area contributed by atoms with Crippen molar-refractivity contribution in [1.82, 2.24) is 15.5 Å². The van der Waals surface area contributed by atoms with Gasteiger partial charge in [0.05, 0.1) is 6.04 Å². The average Bonchev–Trinajstić information content (AvgIpc) is 2.88. The zero-order valence-electron chi connectivity index (χ0n) is 11.4. The molecular weight excluding hydrogens is 278 g/mol. The van der Waals surface area contributed by atoms with Crippen LogP contribution >= 0.6 is 22.9 Å². The van der Waals surface area contributed by atoms with Crippen molar-refractivity contribution in [3.05, 3.63) is 33.8 Å². The van der Waals surface area contributed by atoms with E-state index in [1.54, 1.807) is 11.3 Å². The van der Waals surface area contributed by atoms with Crippen molar-refractivity contribution in [3.8, 4) is 10.6 Å². The van der Waals surface area contributed by atoms with Crippen LogP contribution in [0.15, 0.2) is 18.2 Å². The van der Waals surface area contributed by atoms with E-state index >= 15 is 0 Å². The van der Waals surface area contributed by atoms with Crippen LogP contribution in [0, 0.1) is 6.92 Å². The topological polar surface area (TPSA) is 37.8 Å². The fourth-order valence-corrected chi connectivity index (χ4v) is 3.24. The molecule has 0 aliphatic heterocycles. The molecule has 1 unspecified atom stereocenters. The van der Waals surface area contributed by atoms with E-state index in [4.69, 9.17) is 11.6 Å². The molecule has 0 spiro atoms. The number of hydrogen-bond donors (Lipinski definition) is 1. The Kier molecular flexibility index (Phi) is 4.91. The van der Waals surface area contributed by atoms with Crippen LogP contribution in [0.2, 0.25) is 5.02 Å². The van der Waals surface area contributed by atoms with Gasteiger partial charge in [0, 0.05) is 10.6 Å². The second-order valence-corrected chi connectivity index (χ2v) is 5.79. The van der Waals surface area contributed by atoms with Gasteiger partial charge in [-0.3, -0.25) is 0 Å². The lowest BCUT2D eigenvalue weighted by Gasteiger charge is -2.11. The van der Waals surface area contributed by atoms with Crippen molar-refractivity contribution in [2.45, 2.75) is 33.2 Å². The van der Waals surface area contributed by atoms with Gasteiger partial charge >= 0.3 is 0 Å². The summed E-state index contributed by atoms with van der Waals surface area (Å²) in [6, 6.07) is 6.18. The number of aromatic nitrogens is 2. The zero-order chi connectivity index (χ0) is 13.8.